The molecule has 4 N–H and O–H groups in total. The molecule has 6 aromatic rings. The number of nitrogens with one attached hydrogen (secondary N) is 2. The third-order valence-electron chi connectivity index (χ3n) is 9.62. The molecule has 0 saturated carbocycles. The highest BCUT2D eigenvalue weighted by atomic mass is 32.2. The molecule has 55 heavy (non-hydrogen) atoms. The maximum Gasteiger partial charge on any atom is 0.259 e. The molecule has 0 radical (unpaired) electrons. The van der Waals surface area contributed by atoms with Crippen LogP contribution >= 0.6 is 0 Å². The second kappa shape index (κ2) is 14.9. The lowest BCUT2D eigenvalue weighted by Gasteiger charge is -2.34. The average Bonchev–Trinajstić information content (AvgIpc) is 3.52. The molecule has 0 atom stereocenters. The third kappa shape index (κ3) is 8.04. The van der Waals surface area contributed by atoms with Gasteiger partial charge in [-0.25, -0.2) is 36.5 Å². The van der Waals surface area contributed by atoms with Crippen LogP contribution in [0, 0.1) is 30.3 Å². The van der Waals surface area contributed by atoms with Crippen molar-refractivity contribution in [2.45, 2.75) is 26.2 Å². The molecule has 1 saturated heterocycles. The fourth-order valence-electron chi connectivity index (χ4n) is 6.77. The number of piperidine rings is 1. The van der Waals surface area contributed by atoms with Gasteiger partial charge in [-0.1, -0.05) is 6.07 Å². The van der Waals surface area contributed by atoms with E-state index in [9.17, 15) is 36.6 Å². The van der Waals surface area contributed by atoms with E-state index in [-0.39, 0.29) is 34.4 Å². The van der Waals surface area contributed by atoms with Crippen LogP contribution in [0.25, 0.3) is 28.3 Å². The Morgan fingerprint density at radius 3 is 2.42 bits per heavy atom. The predicted molar refractivity (Wildman–Crippen MR) is 203 cm³/mol. The highest BCUT2D eigenvalue weighted by Gasteiger charge is 2.24. The molecule has 1 amide bonds. The first-order valence-electron chi connectivity index (χ1n) is 17.4. The summed E-state index contributed by atoms with van der Waals surface area (Å²) in [6.45, 7) is 3.39. The van der Waals surface area contributed by atoms with Gasteiger partial charge in [0, 0.05) is 55.1 Å². The lowest BCUT2D eigenvalue weighted by Crippen LogP contribution is -2.34. The first-order valence-corrected chi connectivity index (χ1v) is 19.4. The summed E-state index contributed by atoms with van der Waals surface area (Å²) in [4.78, 5) is 29.0. The number of benzene rings is 3. The number of pyridine rings is 1. The van der Waals surface area contributed by atoms with Gasteiger partial charge in [-0.05, 0) is 86.2 Å². The van der Waals surface area contributed by atoms with E-state index in [0.717, 1.165) is 55.4 Å². The van der Waals surface area contributed by atoms with Crippen molar-refractivity contribution in [1.82, 2.24) is 19.4 Å². The van der Waals surface area contributed by atoms with Gasteiger partial charge in [0.05, 0.1) is 34.1 Å². The van der Waals surface area contributed by atoms with E-state index < -0.39 is 44.6 Å². The van der Waals surface area contributed by atoms with E-state index in [2.05, 4.69) is 25.5 Å². The number of amides is 1. The summed E-state index contributed by atoms with van der Waals surface area (Å²) in [5.41, 5.74) is 2.56. The number of para-hydroxylation sites is 1. The number of phenolic OH excluding ortho intramolecular Hbond substituents is 2. The second-order valence-corrected chi connectivity index (χ2v) is 15.8. The highest BCUT2D eigenvalue weighted by Crippen LogP contribution is 2.38. The van der Waals surface area contributed by atoms with E-state index in [4.69, 9.17) is 4.98 Å². The van der Waals surface area contributed by atoms with Gasteiger partial charge < -0.3 is 25.7 Å². The van der Waals surface area contributed by atoms with Crippen LogP contribution in [0.1, 0.15) is 35.2 Å². The van der Waals surface area contributed by atoms with Crippen molar-refractivity contribution in [3.63, 3.8) is 0 Å². The Morgan fingerprint density at radius 1 is 0.945 bits per heavy atom. The normalized spacial score (nSPS) is 13.7. The SMILES string of the molecule is Cc1cc(Nc2nccc(-c3c(-c4ccc(O)c(C(=O)Nc5c(F)cccc5F)c4)nc4cc(F)ccn34)n2)c(O)cc1N1CCC(CCS(C)(=O)=O)CC1. The smallest absolute Gasteiger partial charge is 0.259 e. The molecule has 1 aliphatic heterocycles. The summed E-state index contributed by atoms with van der Waals surface area (Å²) in [6, 6.07) is 14.7. The van der Waals surface area contributed by atoms with Gasteiger partial charge in [-0.3, -0.25) is 9.20 Å². The van der Waals surface area contributed by atoms with Gasteiger partial charge in [0.25, 0.3) is 5.91 Å². The predicted octanol–water partition coefficient (Wildman–Crippen LogP) is 7.24. The maximum atomic E-state index is 14.4. The molecule has 4 heterocycles. The van der Waals surface area contributed by atoms with Gasteiger partial charge in [0.15, 0.2) is 0 Å². The number of rotatable bonds is 10. The van der Waals surface area contributed by atoms with Crippen molar-refractivity contribution in [1.29, 1.82) is 0 Å². The van der Waals surface area contributed by atoms with Gasteiger partial charge in [0.2, 0.25) is 5.95 Å². The first-order chi connectivity index (χ1) is 26.2. The molecule has 1 fully saturated rings. The summed E-state index contributed by atoms with van der Waals surface area (Å²) < 4.78 is 67.9. The van der Waals surface area contributed by atoms with Crippen molar-refractivity contribution in [2.24, 2.45) is 5.92 Å². The van der Waals surface area contributed by atoms with E-state index >= 15 is 0 Å². The van der Waals surface area contributed by atoms with Gasteiger partial charge in [-0.15, -0.1) is 0 Å². The Balaban J connectivity index is 1.17. The van der Waals surface area contributed by atoms with Crippen LogP contribution in [0.3, 0.4) is 0 Å². The molecule has 0 spiro atoms. The Hall–Kier alpha value is -6.16. The van der Waals surface area contributed by atoms with Crippen molar-refractivity contribution in [3.8, 4) is 34.1 Å². The molecule has 12 nitrogen and oxygen atoms in total. The Labute approximate surface area is 314 Å². The third-order valence-corrected chi connectivity index (χ3v) is 10.6. The zero-order valence-electron chi connectivity index (χ0n) is 29.7. The zero-order valence-corrected chi connectivity index (χ0v) is 30.5. The number of hydrogen-bond acceptors (Lipinski definition) is 10. The summed E-state index contributed by atoms with van der Waals surface area (Å²) in [5, 5.41) is 27.0. The van der Waals surface area contributed by atoms with Crippen LogP contribution in [-0.4, -0.2) is 69.0 Å². The summed E-state index contributed by atoms with van der Waals surface area (Å²) >= 11 is 0. The Bertz CT molecular complexity index is 2540. The number of aryl methyl sites for hydroxylation is 1. The molecule has 16 heteroatoms. The Kier molecular flexibility index (Phi) is 10.1. The van der Waals surface area contributed by atoms with Crippen molar-refractivity contribution < 1.29 is 36.6 Å². The summed E-state index contributed by atoms with van der Waals surface area (Å²) in [5.74, 6) is -3.41. The summed E-state index contributed by atoms with van der Waals surface area (Å²) in [7, 11) is -3.01. The minimum Gasteiger partial charge on any atom is -0.507 e. The standard InChI is InChI=1S/C39H36F3N7O5S/c1-22-18-30(33(51)21-31(22)48-14-9-23(10-15-48)12-17-55(2,53)54)45-39-43-13-8-29(44-39)37-35(46-34-20-25(40)11-16-49(34)37)24-6-7-32(50)26(19-24)38(52)47-36-27(41)4-3-5-28(36)42/h3-8,11,13,16,18-21,23,50-51H,9-10,12,14-15,17H2,1-2H3,(H,47,52)(H,43,44,45). The zero-order chi connectivity index (χ0) is 39.0. The van der Waals surface area contributed by atoms with E-state index in [0.29, 0.717) is 35.0 Å². The van der Waals surface area contributed by atoms with E-state index in [1.165, 1.54) is 49.0 Å². The van der Waals surface area contributed by atoms with Crippen LogP contribution in [0.4, 0.5) is 36.2 Å². The first kappa shape index (κ1) is 37.2. The summed E-state index contributed by atoms with van der Waals surface area (Å²) in [6.07, 6.45) is 6.54. The largest absolute Gasteiger partial charge is 0.507 e. The molecule has 0 aliphatic carbocycles. The van der Waals surface area contributed by atoms with Crippen LogP contribution < -0.4 is 15.5 Å². The average molecular weight is 772 g/mol. The van der Waals surface area contributed by atoms with Crippen molar-refractivity contribution >= 4 is 44.4 Å². The number of imidazole rings is 1. The topological polar surface area (TPSA) is 162 Å². The van der Waals surface area contributed by atoms with Crippen LogP contribution in [0.5, 0.6) is 11.5 Å². The molecule has 3 aromatic carbocycles. The number of nitrogens with zero attached hydrogens (tertiary/aromatic N) is 5. The molecule has 3 aromatic heterocycles. The fourth-order valence-corrected chi connectivity index (χ4v) is 7.53. The minimum absolute atomic E-state index is 0.0371. The van der Waals surface area contributed by atoms with E-state index in [1.807, 2.05) is 6.92 Å². The second-order valence-electron chi connectivity index (χ2n) is 13.6. The number of fused-ring (bicyclic) bond motifs is 1. The number of carbonyl (C=O) groups is 1. The molecular weight excluding hydrogens is 736 g/mol. The van der Waals surface area contributed by atoms with Crippen LogP contribution in [-0.2, 0) is 9.84 Å². The molecule has 0 unspecified atom stereocenters. The monoisotopic (exact) mass is 771 g/mol. The van der Waals surface area contributed by atoms with Gasteiger partial charge in [0.1, 0.15) is 50.1 Å². The van der Waals surface area contributed by atoms with Crippen LogP contribution in [0.2, 0.25) is 0 Å². The minimum atomic E-state index is -3.01. The number of sulfone groups is 1. The number of aromatic hydroxyl groups is 2. The molecule has 284 valence electrons. The number of hydrogen-bond donors (Lipinski definition) is 4. The quantitative estimate of drug-likeness (QED) is 0.105. The molecule has 0 bridgehead atoms. The molecule has 1 aliphatic rings. The number of aromatic nitrogens is 4. The lowest BCUT2D eigenvalue weighted by molar-refractivity contribution is 0.102. The number of phenols is 2. The van der Waals surface area contributed by atoms with Gasteiger partial charge >= 0.3 is 0 Å². The van der Waals surface area contributed by atoms with E-state index in [1.54, 1.807) is 22.6 Å². The highest BCUT2D eigenvalue weighted by molar-refractivity contribution is 7.90. The molecule has 7 rings (SSSR count). The lowest BCUT2D eigenvalue weighted by atomic mass is 9.93. The fraction of sp³-hybridized carbons (Fsp3) is 0.231. The Morgan fingerprint density at radius 2 is 1.69 bits per heavy atom. The number of halogens is 3. The van der Waals surface area contributed by atoms with Crippen LogP contribution in [0.15, 0.2) is 79.1 Å². The van der Waals surface area contributed by atoms with Gasteiger partial charge in [-0.2, -0.15) is 0 Å². The van der Waals surface area contributed by atoms with Crippen molar-refractivity contribution in [2.75, 3.05) is 40.6 Å². The van der Waals surface area contributed by atoms with Crippen molar-refractivity contribution in [3.05, 3.63) is 108 Å². The number of carbonyl (C=O) groups excluding carboxylic acids is 1. The maximum absolute atomic E-state index is 14.4. The molecular formula is C39H36F3N7O5S. The number of anilines is 4.